The van der Waals surface area contributed by atoms with Crippen LogP contribution < -0.4 is 5.73 Å². The number of hydrogen-bond donors (Lipinski definition) is 3. The summed E-state index contributed by atoms with van der Waals surface area (Å²) in [7, 11) is 0. The lowest BCUT2D eigenvalue weighted by atomic mass is 10.1. The van der Waals surface area contributed by atoms with Gasteiger partial charge in [-0.3, -0.25) is 0 Å². The topological polar surface area (TPSA) is 82.1 Å². The van der Waals surface area contributed by atoms with Gasteiger partial charge in [-0.05, 0) is 6.54 Å². The fourth-order valence-corrected chi connectivity index (χ4v) is 1.10. The predicted octanol–water partition coefficient (Wildman–Crippen LogP) is -0.317. The Morgan fingerprint density at radius 3 is 2.62 bits per heavy atom. The van der Waals surface area contributed by atoms with E-state index >= 15 is 0 Å². The fourth-order valence-electron chi connectivity index (χ4n) is 1.10. The molecule has 1 atom stereocenters. The summed E-state index contributed by atoms with van der Waals surface area (Å²) in [5.74, 6) is 0.243. The number of likely N-dealkylation sites (N-methyl/N-ethyl adjacent to an activating group) is 1. The van der Waals surface area contributed by atoms with Gasteiger partial charge in [0.25, 0.3) is 0 Å². The highest BCUT2D eigenvalue weighted by molar-refractivity contribution is 5.82. The van der Waals surface area contributed by atoms with Gasteiger partial charge in [0.1, 0.15) is 5.84 Å². The second kappa shape index (κ2) is 6.68. The number of oxime groups is 1. The molecule has 0 aromatic heterocycles. The summed E-state index contributed by atoms with van der Waals surface area (Å²) in [5, 5.41) is 20.1. The van der Waals surface area contributed by atoms with Crippen molar-refractivity contribution in [3.05, 3.63) is 0 Å². The van der Waals surface area contributed by atoms with Gasteiger partial charge in [-0.1, -0.05) is 19.0 Å². The Bertz CT molecular complexity index is 161. The van der Waals surface area contributed by atoms with Crippen LogP contribution in [0.15, 0.2) is 5.16 Å². The van der Waals surface area contributed by atoms with E-state index in [4.69, 9.17) is 16.0 Å². The molecule has 0 saturated heterocycles. The zero-order chi connectivity index (χ0) is 10.3. The SMILES string of the molecule is CCN(CCO)CC(C)/C(N)=N/O. The van der Waals surface area contributed by atoms with Crippen molar-refractivity contribution >= 4 is 5.84 Å². The number of rotatable bonds is 6. The van der Waals surface area contributed by atoms with Gasteiger partial charge in [0.2, 0.25) is 0 Å². The third-order valence-corrected chi connectivity index (χ3v) is 2.02. The third kappa shape index (κ3) is 4.69. The Labute approximate surface area is 78.8 Å². The van der Waals surface area contributed by atoms with Crippen LogP contribution in [0.3, 0.4) is 0 Å². The van der Waals surface area contributed by atoms with Crippen LogP contribution in [0.4, 0.5) is 0 Å². The van der Waals surface area contributed by atoms with Crippen molar-refractivity contribution in [1.82, 2.24) is 4.90 Å². The van der Waals surface area contributed by atoms with E-state index in [0.717, 1.165) is 6.54 Å². The van der Waals surface area contributed by atoms with E-state index in [2.05, 4.69) is 5.16 Å². The molecular weight excluding hydrogens is 170 g/mol. The second-order valence-corrected chi connectivity index (χ2v) is 3.04. The van der Waals surface area contributed by atoms with Crippen molar-refractivity contribution in [2.24, 2.45) is 16.8 Å². The molecule has 13 heavy (non-hydrogen) atoms. The second-order valence-electron chi connectivity index (χ2n) is 3.04. The van der Waals surface area contributed by atoms with Gasteiger partial charge in [-0.25, -0.2) is 0 Å². The molecule has 1 unspecified atom stereocenters. The van der Waals surface area contributed by atoms with Crippen molar-refractivity contribution in [3.63, 3.8) is 0 Å². The molecule has 0 rings (SSSR count). The molecule has 5 nitrogen and oxygen atoms in total. The quantitative estimate of drug-likeness (QED) is 0.231. The molecule has 0 fully saturated rings. The maximum Gasteiger partial charge on any atom is 0.143 e. The predicted molar refractivity (Wildman–Crippen MR) is 51.8 cm³/mol. The molecule has 0 aromatic carbocycles. The minimum absolute atomic E-state index is 0.0106. The molecule has 0 amide bonds. The van der Waals surface area contributed by atoms with Crippen molar-refractivity contribution < 1.29 is 10.3 Å². The van der Waals surface area contributed by atoms with Crippen LogP contribution in [0.2, 0.25) is 0 Å². The van der Waals surface area contributed by atoms with E-state index in [0.29, 0.717) is 13.1 Å². The number of nitrogens with two attached hydrogens (primary N) is 1. The first-order valence-corrected chi connectivity index (χ1v) is 4.46. The Hall–Kier alpha value is -0.810. The molecule has 0 aliphatic carbocycles. The average molecular weight is 189 g/mol. The summed E-state index contributed by atoms with van der Waals surface area (Å²) in [6, 6.07) is 0. The van der Waals surface area contributed by atoms with Crippen LogP contribution in [0.1, 0.15) is 13.8 Å². The Balaban J connectivity index is 3.92. The first-order chi connectivity index (χ1) is 6.15. The van der Waals surface area contributed by atoms with E-state index in [1.54, 1.807) is 0 Å². The first kappa shape index (κ1) is 12.2. The molecule has 0 aromatic rings. The van der Waals surface area contributed by atoms with Gasteiger partial charge in [0, 0.05) is 19.0 Å². The maximum absolute atomic E-state index is 8.72. The highest BCUT2D eigenvalue weighted by Crippen LogP contribution is 1.99. The van der Waals surface area contributed by atoms with E-state index in [-0.39, 0.29) is 18.4 Å². The molecule has 5 heteroatoms. The van der Waals surface area contributed by atoms with E-state index in [1.165, 1.54) is 0 Å². The van der Waals surface area contributed by atoms with Gasteiger partial charge < -0.3 is 20.9 Å². The lowest BCUT2D eigenvalue weighted by Crippen LogP contribution is -2.36. The average Bonchev–Trinajstić information content (AvgIpc) is 2.15. The van der Waals surface area contributed by atoms with Crippen LogP contribution in [-0.2, 0) is 0 Å². The first-order valence-electron chi connectivity index (χ1n) is 4.46. The summed E-state index contributed by atoms with van der Waals surface area (Å²) in [6.07, 6.45) is 0. The zero-order valence-electron chi connectivity index (χ0n) is 8.27. The summed E-state index contributed by atoms with van der Waals surface area (Å²) < 4.78 is 0. The molecule has 0 heterocycles. The fraction of sp³-hybridized carbons (Fsp3) is 0.875. The van der Waals surface area contributed by atoms with E-state index in [1.807, 2.05) is 18.7 Å². The summed E-state index contributed by atoms with van der Waals surface area (Å²) >= 11 is 0. The van der Waals surface area contributed by atoms with E-state index in [9.17, 15) is 0 Å². The zero-order valence-corrected chi connectivity index (χ0v) is 8.27. The molecule has 4 N–H and O–H groups in total. The maximum atomic E-state index is 8.72. The van der Waals surface area contributed by atoms with Crippen LogP contribution in [-0.4, -0.2) is 47.3 Å². The Morgan fingerprint density at radius 1 is 1.62 bits per heavy atom. The van der Waals surface area contributed by atoms with Crippen LogP contribution in [0, 0.1) is 5.92 Å². The monoisotopic (exact) mass is 189 g/mol. The number of aliphatic hydroxyl groups is 1. The van der Waals surface area contributed by atoms with Gasteiger partial charge >= 0.3 is 0 Å². The highest BCUT2D eigenvalue weighted by Gasteiger charge is 2.11. The van der Waals surface area contributed by atoms with Gasteiger partial charge in [-0.15, -0.1) is 0 Å². The van der Waals surface area contributed by atoms with Gasteiger partial charge in [-0.2, -0.15) is 0 Å². The molecule has 0 spiro atoms. The van der Waals surface area contributed by atoms with Gasteiger partial charge in [0.15, 0.2) is 0 Å². The number of hydrogen-bond acceptors (Lipinski definition) is 4. The van der Waals surface area contributed by atoms with Crippen molar-refractivity contribution in [3.8, 4) is 0 Å². The normalized spacial score (nSPS) is 14.9. The van der Waals surface area contributed by atoms with E-state index < -0.39 is 0 Å². The smallest absolute Gasteiger partial charge is 0.143 e. The van der Waals surface area contributed by atoms with Crippen molar-refractivity contribution in [2.75, 3.05) is 26.2 Å². The van der Waals surface area contributed by atoms with Crippen molar-refractivity contribution in [2.45, 2.75) is 13.8 Å². The molecule has 0 aliphatic rings. The number of amidine groups is 1. The molecule has 0 radical (unpaired) electrons. The van der Waals surface area contributed by atoms with Crippen LogP contribution >= 0.6 is 0 Å². The molecule has 0 aliphatic heterocycles. The standard InChI is InChI=1S/C8H19N3O2/c1-3-11(4-5-12)6-7(2)8(9)10-13/h7,12-13H,3-6H2,1-2H3,(H2,9,10). The minimum atomic E-state index is 0.0106. The number of aliphatic hydroxyl groups excluding tert-OH is 1. The van der Waals surface area contributed by atoms with Crippen LogP contribution in [0.25, 0.3) is 0 Å². The largest absolute Gasteiger partial charge is 0.409 e. The molecule has 78 valence electrons. The Kier molecular flexibility index (Phi) is 6.26. The summed E-state index contributed by atoms with van der Waals surface area (Å²) in [6.45, 7) is 6.20. The third-order valence-electron chi connectivity index (χ3n) is 2.02. The summed E-state index contributed by atoms with van der Waals surface area (Å²) in [4.78, 5) is 2.04. The lowest BCUT2D eigenvalue weighted by Gasteiger charge is -2.22. The van der Waals surface area contributed by atoms with Crippen LogP contribution in [0.5, 0.6) is 0 Å². The number of nitrogens with zero attached hydrogens (tertiary/aromatic N) is 2. The van der Waals surface area contributed by atoms with Crippen molar-refractivity contribution in [1.29, 1.82) is 0 Å². The molecule has 0 saturated carbocycles. The Morgan fingerprint density at radius 2 is 2.23 bits per heavy atom. The van der Waals surface area contributed by atoms with Gasteiger partial charge in [0.05, 0.1) is 6.61 Å². The molecular formula is C8H19N3O2. The highest BCUT2D eigenvalue weighted by atomic mass is 16.4. The minimum Gasteiger partial charge on any atom is -0.409 e. The summed E-state index contributed by atoms with van der Waals surface area (Å²) in [5.41, 5.74) is 5.43. The molecule has 0 bridgehead atoms. The lowest BCUT2D eigenvalue weighted by molar-refractivity contribution is 0.194.